The molecular formula is C15H12ClN3O3S2. The molecule has 0 aliphatic carbocycles. The van der Waals surface area contributed by atoms with E-state index in [-0.39, 0.29) is 22.2 Å². The van der Waals surface area contributed by atoms with E-state index in [1.807, 2.05) is 12.1 Å². The molecule has 2 N–H and O–H groups in total. The van der Waals surface area contributed by atoms with Gasteiger partial charge in [0.2, 0.25) is 10.0 Å². The molecule has 1 aromatic heterocycles. The lowest BCUT2D eigenvalue weighted by atomic mass is 10.2. The lowest BCUT2D eigenvalue weighted by Crippen LogP contribution is -2.14. The topological polar surface area (TPSA) is 88.2 Å². The predicted molar refractivity (Wildman–Crippen MR) is 97.5 cm³/mol. The van der Waals surface area contributed by atoms with Gasteiger partial charge in [0.1, 0.15) is 0 Å². The second kappa shape index (κ2) is 6.39. The molecule has 0 spiro atoms. The Hall–Kier alpha value is -2.16. The second-order valence-corrected chi connectivity index (χ2v) is 8.09. The zero-order chi connectivity index (χ0) is 17.3. The summed E-state index contributed by atoms with van der Waals surface area (Å²) in [4.78, 5) is 12.4. The Bertz CT molecular complexity index is 1030. The number of hydrogen-bond acceptors (Lipinski definition) is 5. The van der Waals surface area contributed by atoms with Crippen LogP contribution in [0.15, 0.2) is 42.6 Å². The zero-order valence-electron chi connectivity index (χ0n) is 12.4. The SMILES string of the molecule is CS(=O)(=O)Nc1cc(C(=O)Nc2ccc3sncc3c2)ccc1Cl. The van der Waals surface area contributed by atoms with Crippen LogP contribution in [0.4, 0.5) is 11.4 Å². The average Bonchev–Trinajstić information content (AvgIpc) is 2.95. The van der Waals surface area contributed by atoms with E-state index in [1.54, 1.807) is 12.3 Å². The number of hydrogen-bond donors (Lipinski definition) is 2. The molecule has 0 radical (unpaired) electrons. The van der Waals surface area contributed by atoms with Crippen LogP contribution < -0.4 is 10.0 Å². The first-order valence-electron chi connectivity index (χ1n) is 6.75. The Balaban J connectivity index is 1.85. The molecule has 3 rings (SSSR count). The minimum Gasteiger partial charge on any atom is -0.322 e. The lowest BCUT2D eigenvalue weighted by molar-refractivity contribution is 0.102. The Morgan fingerprint density at radius 1 is 1.21 bits per heavy atom. The van der Waals surface area contributed by atoms with Crippen molar-refractivity contribution in [3.63, 3.8) is 0 Å². The van der Waals surface area contributed by atoms with Crippen molar-refractivity contribution in [3.05, 3.63) is 53.2 Å². The maximum Gasteiger partial charge on any atom is 0.255 e. The highest BCUT2D eigenvalue weighted by atomic mass is 35.5. The quantitative estimate of drug-likeness (QED) is 0.723. The standard InChI is InChI=1S/C15H12ClN3O3S2/c1-24(21,22)19-13-7-9(2-4-12(13)16)15(20)18-11-3-5-14-10(6-11)8-17-23-14/h2-8,19H,1H3,(H,18,20). The average molecular weight is 382 g/mol. The lowest BCUT2D eigenvalue weighted by Gasteiger charge is -2.10. The van der Waals surface area contributed by atoms with Crippen LogP contribution in [0, 0.1) is 0 Å². The zero-order valence-corrected chi connectivity index (χ0v) is 14.8. The molecule has 0 fully saturated rings. The Kier molecular flexibility index (Phi) is 4.44. The molecule has 0 bridgehead atoms. The van der Waals surface area contributed by atoms with Crippen LogP contribution in [-0.2, 0) is 10.0 Å². The molecule has 0 aliphatic heterocycles. The summed E-state index contributed by atoms with van der Waals surface area (Å²) in [6.45, 7) is 0. The van der Waals surface area contributed by atoms with Crippen LogP contribution >= 0.6 is 23.1 Å². The molecule has 2 aromatic carbocycles. The number of carbonyl (C=O) groups excluding carboxylic acids is 1. The van der Waals surface area contributed by atoms with E-state index in [0.29, 0.717) is 5.69 Å². The number of fused-ring (bicyclic) bond motifs is 1. The summed E-state index contributed by atoms with van der Waals surface area (Å²) in [5.41, 5.74) is 1.07. The van der Waals surface area contributed by atoms with Crippen molar-refractivity contribution in [2.75, 3.05) is 16.3 Å². The third-order valence-electron chi connectivity index (χ3n) is 3.13. The number of amides is 1. The van der Waals surface area contributed by atoms with Crippen molar-refractivity contribution in [2.45, 2.75) is 0 Å². The fourth-order valence-corrected chi connectivity index (χ4v) is 3.51. The highest BCUT2D eigenvalue weighted by molar-refractivity contribution is 7.92. The van der Waals surface area contributed by atoms with Gasteiger partial charge in [-0.05, 0) is 47.9 Å². The molecule has 0 saturated heterocycles. The van der Waals surface area contributed by atoms with Crippen molar-refractivity contribution in [1.82, 2.24) is 4.37 Å². The van der Waals surface area contributed by atoms with Gasteiger partial charge in [-0.3, -0.25) is 9.52 Å². The van der Waals surface area contributed by atoms with Crippen LogP contribution in [0.2, 0.25) is 5.02 Å². The molecule has 9 heteroatoms. The molecule has 124 valence electrons. The third-order valence-corrected chi connectivity index (χ3v) is 4.83. The first-order chi connectivity index (χ1) is 11.3. The van der Waals surface area contributed by atoms with Gasteiger partial charge in [0.15, 0.2) is 0 Å². The largest absolute Gasteiger partial charge is 0.322 e. The smallest absolute Gasteiger partial charge is 0.255 e. The minimum atomic E-state index is -3.49. The first kappa shape index (κ1) is 16.7. The van der Waals surface area contributed by atoms with Gasteiger partial charge < -0.3 is 5.32 Å². The molecule has 0 unspecified atom stereocenters. The van der Waals surface area contributed by atoms with E-state index >= 15 is 0 Å². The van der Waals surface area contributed by atoms with Gasteiger partial charge in [0.05, 0.1) is 21.7 Å². The van der Waals surface area contributed by atoms with Crippen LogP contribution in [0.1, 0.15) is 10.4 Å². The Morgan fingerprint density at radius 2 is 2.00 bits per heavy atom. The van der Waals surface area contributed by atoms with E-state index in [2.05, 4.69) is 14.4 Å². The van der Waals surface area contributed by atoms with Crippen molar-refractivity contribution in [1.29, 1.82) is 0 Å². The predicted octanol–water partition coefficient (Wildman–Crippen LogP) is 3.57. The van der Waals surface area contributed by atoms with Gasteiger partial charge in [-0.25, -0.2) is 8.42 Å². The van der Waals surface area contributed by atoms with Crippen molar-refractivity contribution in [3.8, 4) is 0 Å². The summed E-state index contributed by atoms with van der Waals surface area (Å²) in [5, 5.41) is 3.92. The second-order valence-electron chi connectivity index (χ2n) is 5.10. The third kappa shape index (κ3) is 3.84. The van der Waals surface area contributed by atoms with Crippen molar-refractivity contribution < 1.29 is 13.2 Å². The Morgan fingerprint density at radius 3 is 2.75 bits per heavy atom. The molecule has 3 aromatic rings. The molecule has 1 heterocycles. The maximum absolute atomic E-state index is 12.4. The number of aromatic nitrogens is 1. The normalized spacial score (nSPS) is 11.4. The molecule has 0 aliphatic rings. The van der Waals surface area contributed by atoms with Gasteiger partial charge in [-0.2, -0.15) is 4.37 Å². The van der Waals surface area contributed by atoms with Crippen LogP contribution in [0.25, 0.3) is 10.1 Å². The number of anilines is 2. The van der Waals surface area contributed by atoms with E-state index in [9.17, 15) is 13.2 Å². The molecule has 6 nitrogen and oxygen atoms in total. The van der Waals surface area contributed by atoms with E-state index in [4.69, 9.17) is 11.6 Å². The summed E-state index contributed by atoms with van der Waals surface area (Å²) in [6.07, 6.45) is 2.74. The molecule has 0 saturated carbocycles. The minimum absolute atomic E-state index is 0.157. The summed E-state index contributed by atoms with van der Waals surface area (Å²) >= 11 is 7.33. The van der Waals surface area contributed by atoms with Crippen molar-refractivity contribution in [2.24, 2.45) is 0 Å². The monoisotopic (exact) mass is 381 g/mol. The number of sulfonamides is 1. The molecular weight excluding hydrogens is 370 g/mol. The summed E-state index contributed by atoms with van der Waals surface area (Å²) in [7, 11) is -3.49. The number of nitrogens with one attached hydrogen (secondary N) is 2. The first-order valence-corrected chi connectivity index (χ1v) is 9.79. The van der Waals surface area contributed by atoms with Gasteiger partial charge in [-0.1, -0.05) is 11.6 Å². The van der Waals surface area contributed by atoms with Crippen molar-refractivity contribution >= 4 is 60.5 Å². The number of halogens is 1. The van der Waals surface area contributed by atoms with Gasteiger partial charge in [-0.15, -0.1) is 0 Å². The number of carbonyl (C=O) groups is 1. The molecule has 1 amide bonds. The van der Waals surface area contributed by atoms with Crippen LogP contribution in [-0.4, -0.2) is 25.0 Å². The fraction of sp³-hybridized carbons (Fsp3) is 0.0667. The van der Waals surface area contributed by atoms with Crippen LogP contribution in [0.5, 0.6) is 0 Å². The van der Waals surface area contributed by atoms with Gasteiger partial charge >= 0.3 is 0 Å². The van der Waals surface area contributed by atoms with E-state index in [1.165, 1.54) is 29.7 Å². The van der Waals surface area contributed by atoms with Crippen LogP contribution in [0.3, 0.4) is 0 Å². The molecule has 0 atom stereocenters. The maximum atomic E-state index is 12.4. The summed E-state index contributed by atoms with van der Waals surface area (Å²) < 4.78 is 30.1. The fourth-order valence-electron chi connectivity index (χ4n) is 2.10. The van der Waals surface area contributed by atoms with E-state index in [0.717, 1.165) is 16.3 Å². The Labute approximate surface area is 147 Å². The molecule has 24 heavy (non-hydrogen) atoms. The highest BCUT2D eigenvalue weighted by Crippen LogP contribution is 2.25. The summed E-state index contributed by atoms with van der Waals surface area (Å²) in [5.74, 6) is -0.370. The highest BCUT2D eigenvalue weighted by Gasteiger charge is 2.12. The number of benzene rings is 2. The number of rotatable bonds is 4. The van der Waals surface area contributed by atoms with Gasteiger partial charge in [0, 0.05) is 22.8 Å². The van der Waals surface area contributed by atoms with Gasteiger partial charge in [0.25, 0.3) is 5.91 Å². The summed E-state index contributed by atoms with van der Waals surface area (Å²) in [6, 6.07) is 9.86. The number of nitrogens with zero attached hydrogens (tertiary/aromatic N) is 1. The van der Waals surface area contributed by atoms with E-state index < -0.39 is 10.0 Å².